The predicted octanol–water partition coefficient (Wildman–Crippen LogP) is 2.61. The highest BCUT2D eigenvalue weighted by atomic mass is 16.5. The van der Waals surface area contributed by atoms with Crippen LogP contribution in [0.3, 0.4) is 0 Å². The molecule has 3 aromatic rings. The number of methoxy groups -OCH3 is 1. The first-order valence-electron chi connectivity index (χ1n) is 8.97. The van der Waals surface area contributed by atoms with E-state index < -0.39 is 0 Å². The highest BCUT2D eigenvalue weighted by molar-refractivity contribution is 5.78. The van der Waals surface area contributed by atoms with Crippen LogP contribution in [0.25, 0.3) is 0 Å². The molecule has 2 aromatic carbocycles. The molecule has 0 unspecified atom stereocenters. The van der Waals surface area contributed by atoms with Gasteiger partial charge < -0.3 is 10.1 Å². The van der Waals surface area contributed by atoms with Gasteiger partial charge in [0.2, 0.25) is 5.91 Å². The van der Waals surface area contributed by atoms with Crippen molar-refractivity contribution in [3.63, 3.8) is 0 Å². The van der Waals surface area contributed by atoms with Crippen LogP contribution >= 0.6 is 0 Å². The van der Waals surface area contributed by atoms with Gasteiger partial charge in [0.1, 0.15) is 11.6 Å². The average Bonchev–Trinajstić information content (AvgIpc) is 3.11. The number of rotatable bonds is 8. The van der Waals surface area contributed by atoms with Crippen LogP contribution in [0.15, 0.2) is 48.5 Å². The van der Waals surface area contributed by atoms with Gasteiger partial charge in [-0.05, 0) is 30.2 Å². The van der Waals surface area contributed by atoms with Gasteiger partial charge in [-0.3, -0.25) is 9.89 Å². The number of aromatic nitrogens is 3. The Bertz CT molecular complexity index is 870. The Hall–Kier alpha value is -3.15. The van der Waals surface area contributed by atoms with Gasteiger partial charge in [0.05, 0.1) is 13.5 Å². The van der Waals surface area contributed by atoms with E-state index in [1.54, 1.807) is 7.11 Å². The molecule has 0 spiro atoms. The number of nitrogens with zero attached hydrogens (tertiary/aromatic N) is 2. The molecule has 3 rings (SSSR count). The lowest BCUT2D eigenvalue weighted by Gasteiger charge is -2.05. The number of carbonyl (C=O) groups excluding carboxylic acids is 1. The summed E-state index contributed by atoms with van der Waals surface area (Å²) in [5.41, 5.74) is 3.38. The summed E-state index contributed by atoms with van der Waals surface area (Å²) < 4.78 is 5.12. The lowest BCUT2D eigenvalue weighted by atomic mass is 10.1. The molecule has 0 saturated carbocycles. The van der Waals surface area contributed by atoms with Gasteiger partial charge >= 0.3 is 0 Å². The van der Waals surface area contributed by atoms with Crippen LogP contribution in [0.1, 0.15) is 28.3 Å². The van der Waals surface area contributed by atoms with Gasteiger partial charge in [-0.2, -0.15) is 5.10 Å². The van der Waals surface area contributed by atoms with Crippen LogP contribution in [0.5, 0.6) is 5.75 Å². The molecule has 0 atom stereocenters. The van der Waals surface area contributed by atoms with Crippen molar-refractivity contribution in [3.8, 4) is 5.75 Å². The molecule has 1 heterocycles. The summed E-state index contributed by atoms with van der Waals surface area (Å²) in [6, 6.07) is 15.9. The van der Waals surface area contributed by atoms with Crippen molar-refractivity contribution in [1.82, 2.24) is 20.5 Å². The Labute approximate surface area is 159 Å². The number of aromatic amines is 1. The third-order valence-corrected chi connectivity index (χ3v) is 4.26. The van der Waals surface area contributed by atoms with Crippen LogP contribution in [0, 0.1) is 6.92 Å². The van der Waals surface area contributed by atoms with Crippen LogP contribution < -0.4 is 10.1 Å². The Balaban J connectivity index is 1.42. The monoisotopic (exact) mass is 364 g/mol. The molecule has 0 saturated heterocycles. The van der Waals surface area contributed by atoms with Crippen molar-refractivity contribution in [2.45, 2.75) is 26.2 Å². The zero-order chi connectivity index (χ0) is 19.1. The fraction of sp³-hybridized carbons (Fsp3) is 0.286. The standard InChI is InChI=1S/C21H24N4O2/c1-15-3-5-16(6-4-15)13-20-23-19(24-25-20)11-12-22-21(26)14-17-7-9-18(27-2)10-8-17/h3-10H,11-14H2,1-2H3,(H,22,26)(H,23,24,25). The van der Waals surface area contributed by atoms with E-state index >= 15 is 0 Å². The van der Waals surface area contributed by atoms with Crippen molar-refractivity contribution in [2.24, 2.45) is 0 Å². The number of ether oxygens (including phenoxy) is 1. The highest BCUT2D eigenvalue weighted by Crippen LogP contribution is 2.11. The third-order valence-electron chi connectivity index (χ3n) is 4.26. The molecule has 0 aliphatic heterocycles. The number of carbonyl (C=O) groups is 1. The van der Waals surface area contributed by atoms with Crippen molar-refractivity contribution in [1.29, 1.82) is 0 Å². The number of nitrogens with one attached hydrogen (secondary N) is 2. The van der Waals surface area contributed by atoms with Gasteiger partial charge in [0, 0.05) is 19.4 Å². The van der Waals surface area contributed by atoms with Crippen molar-refractivity contribution < 1.29 is 9.53 Å². The van der Waals surface area contributed by atoms with E-state index in [1.165, 1.54) is 11.1 Å². The molecule has 6 heteroatoms. The van der Waals surface area contributed by atoms with Gasteiger partial charge in [0.25, 0.3) is 0 Å². The number of H-pyrrole nitrogens is 1. The second-order valence-corrected chi connectivity index (χ2v) is 6.49. The van der Waals surface area contributed by atoms with Crippen LogP contribution in [-0.4, -0.2) is 34.7 Å². The van der Waals surface area contributed by atoms with Gasteiger partial charge in [-0.1, -0.05) is 42.0 Å². The van der Waals surface area contributed by atoms with E-state index in [4.69, 9.17) is 4.74 Å². The molecule has 2 N–H and O–H groups in total. The average molecular weight is 364 g/mol. The molecule has 0 fully saturated rings. The number of amides is 1. The van der Waals surface area contributed by atoms with Crippen molar-refractivity contribution in [2.75, 3.05) is 13.7 Å². The molecule has 1 amide bonds. The van der Waals surface area contributed by atoms with Crippen molar-refractivity contribution in [3.05, 3.63) is 76.9 Å². The first kappa shape index (κ1) is 18.6. The van der Waals surface area contributed by atoms with Crippen LogP contribution in [0.4, 0.5) is 0 Å². The third kappa shape index (κ3) is 5.67. The van der Waals surface area contributed by atoms with Gasteiger partial charge in [-0.25, -0.2) is 4.98 Å². The maximum atomic E-state index is 12.0. The minimum atomic E-state index is -0.0180. The van der Waals surface area contributed by atoms with E-state index in [0.29, 0.717) is 25.2 Å². The maximum absolute atomic E-state index is 12.0. The van der Waals surface area contributed by atoms with Gasteiger partial charge in [0.15, 0.2) is 5.82 Å². The summed E-state index contributed by atoms with van der Waals surface area (Å²) in [5.74, 6) is 2.31. The summed E-state index contributed by atoms with van der Waals surface area (Å²) >= 11 is 0. The molecule has 1 aromatic heterocycles. The first-order chi connectivity index (χ1) is 13.1. The van der Waals surface area contributed by atoms with Gasteiger partial charge in [-0.15, -0.1) is 0 Å². The molecule has 27 heavy (non-hydrogen) atoms. The Morgan fingerprint density at radius 2 is 1.78 bits per heavy atom. The van der Waals surface area contributed by atoms with E-state index in [2.05, 4.69) is 51.7 Å². The van der Waals surface area contributed by atoms with Crippen molar-refractivity contribution >= 4 is 5.91 Å². The van der Waals surface area contributed by atoms with Crippen LogP contribution in [0.2, 0.25) is 0 Å². The number of benzene rings is 2. The SMILES string of the molecule is COc1ccc(CC(=O)NCCc2n[nH]c(Cc3ccc(C)cc3)n2)cc1. The number of aryl methyl sites for hydroxylation is 1. The zero-order valence-electron chi connectivity index (χ0n) is 15.7. The van der Waals surface area contributed by atoms with E-state index in [-0.39, 0.29) is 5.91 Å². The fourth-order valence-corrected chi connectivity index (χ4v) is 2.73. The molecule has 0 radical (unpaired) electrons. The summed E-state index contributed by atoms with van der Waals surface area (Å²) in [5, 5.41) is 10.1. The second-order valence-electron chi connectivity index (χ2n) is 6.49. The summed E-state index contributed by atoms with van der Waals surface area (Å²) in [6.45, 7) is 2.58. The van der Waals surface area contributed by atoms with E-state index in [1.807, 2.05) is 24.3 Å². The zero-order valence-corrected chi connectivity index (χ0v) is 15.7. The normalized spacial score (nSPS) is 10.6. The highest BCUT2D eigenvalue weighted by Gasteiger charge is 2.07. The quantitative estimate of drug-likeness (QED) is 0.644. The lowest BCUT2D eigenvalue weighted by Crippen LogP contribution is -2.27. The number of hydrogen-bond acceptors (Lipinski definition) is 4. The van der Waals surface area contributed by atoms with E-state index in [9.17, 15) is 4.79 Å². The second kappa shape index (κ2) is 8.98. The Morgan fingerprint density at radius 3 is 2.48 bits per heavy atom. The fourth-order valence-electron chi connectivity index (χ4n) is 2.73. The smallest absolute Gasteiger partial charge is 0.224 e. The molecular weight excluding hydrogens is 340 g/mol. The molecular formula is C21H24N4O2. The molecule has 140 valence electrons. The van der Waals surface area contributed by atoms with E-state index in [0.717, 1.165) is 23.6 Å². The number of hydrogen-bond donors (Lipinski definition) is 2. The summed E-state index contributed by atoms with van der Waals surface area (Å²) in [4.78, 5) is 16.5. The Kier molecular flexibility index (Phi) is 6.20. The Morgan fingerprint density at radius 1 is 1.07 bits per heavy atom. The first-order valence-corrected chi connectivity index (χ1v) is 8.97. The topological polar surface area (TPSA) is 79.9 Å². The predicted molar refractivity (Wildman–Crippen MR) is 104 cm³/mol. The summed E-state index contributed by atoms with van der Waals surface area (Å²) in [6.07, 6.45) is 1.66. The maximum Gasteiger partial charge on any atom is 0.224 e. The molecule has 6 nitrogen and oxygen atoms in total. The largest absolute Gasteiger partial charge is 0.497 e. The lowest BCUT2D eigenvalue weighted by molar-refractivity contribution is -0.120. The minimum Gasteiger partial charge on any atom is -0.497 e. The molecule has 0 aliphatic carbocycles. The minimum absolute atomic E-state index is 0.0180. The summed E-state index contributed by atoms with van der Waals surface area (Å²) in [7, 11) is 1.62. The molecule has 0 bridgehead atoms. The molecule has 0 aliphatic rings. The van der Waals surface area contributed by atoms with Crippen LogP contribution in [-0.2, 0) is 24.1 Å².